The summed E-state index contributed by atoms with van der Waals surface area (Å²) in [6.07, 6.45) is 0. The highest BCUT2D eigenvalue weighted by atomic mass is 32.2. The molecule has 0 saturated carbocycles. The van der Waals surface area contributed by atoms with Gasteiger partial charge in [0.15, 0.2) is 5.17 Å². The minimum absolute atomic E-state index is 0.00571. The van der Waals surface area contributed by atoms with Gasteiger partial charge in [-0.05, 0) is 35.6 Å². The summed E-state index contributed by atoms with van der Waals surface area (Å²) >= 11 is 1.58. The Morgan fingerprint density at radius 1 is 1.07 bits per heavy atom. The van der Waals surface area contributed by atoms with E-state index in [1.54, 1.807) is 16.7 Å². The van der Waals surface area contributed by atoms with Gasteiger partial charge in [-0.25, -0.2) is 9.89 Å². The minimum atomic E-state index is -0.358. The number of fused-ring (bicyclic) bond motifs is 3. The number of amidine groups is 2. The molecule has 2 aliphatic heterocycles. The Morgan fingerprint density at radius 3 is 2.48 bits per heavy atom. The van der Waals surface area contributed by atoms with Gasteiger partial charge in [0.1, 0.15) is 11.9 Å². The maximum Gasteiger partial charge on any atom is 0.258 e. The van der Waals surface area contributed by atoms with Gasteiger partial charge in [-0.3, -0.25) is 9.79 Å². The summed E-state index contributed by atoms with van der Waals surface area (Å²) in [5.41, 5.74) is 4.48. The quantitative estimate of drug-likeness (QED) is 0.747. The lowest BCUT2D eigenvalue weighted by atomic mass is 9.87. The van der Waals surface area contributed by atoms with Crippen molar-refractivity contribution in [2.45, 2.75) is 44.9 Å². The number of thioether (sulfide) groups is 1. The zero-order chi connectivity index (χ0) is 19.2. The highest BCUT2D eigenvalue weighted by Gasteiger charge is 2.39. The lowest BCUT2D eigenvalue weighted by Gasteiger charge is -2.25. The Balaban J connectivity index is 1.59. The van der Waals surface area contributed by atoms with E-state index in [2.05, 4.69) is 50.0 Å². The molecule has 5 heteroatoms. The highest BCUT2D eigenvalue weighted by Crippen LogP contribution is 2.34. The summed E-state index contributed by atoms with van der Waals surface area (Å²) in [7, 11) is 0. The van der Waals surface area contributed by atoms with E-state index in [1.165, 1.54) is 11.1 Å². The summed E-state index contributed by atoms with van der Waals surface area (Å²) in [6.45, 7) is 8.48. The van der Waals surface area contributed by atoms with Crippen LogP contribution < -0.4 is 0 Å². The summed E-state index contributed by atoms with van der Waals surface area (Å²) in [6, 6.07) is 16.2. The van der Waals surface area contributed by atoms with Crippen molar-refractivity contribution < 1.29 is 4.79 Å². The van der Waals surface area contributed by atoms with Crippen LogP contribution in [-0.2, 0) is 16.0 Å². The maximum absolute atomic E-state index is 12.6. The molecule has 1 unspecified atom stereocenters. The van der Waals surface area contributed by atoms with Crippen LogP contribution in [0.2, 0.25) is 0 Å². The van der Waals surface area contributed by atoms with Crippen LogP contribution in [0.1, 0.15) is 44.4 Å². The second-order valence-electron chi connectivity index (χ2n) is 7.95. The molecule has 0 saturated heterocycles. The molecule has 0 radical (unpaired) electrons. The van der Waals surface area contributed by atoms with Gasteiger partial charge in [0.25, 0.3) is 5.91 Å². The Labute approximate surface area is 164 Å². The lowest BCUT2D eigenvalue weighted by Crippen LogP contribution is -2.40. The molecule has 0 fully saturated rings. The molecular formula is C22H23N3OS. The number of hydrogen-bond donors (Lipinski definition) is 0. The van der Waals surface area contributed by atoms with Gasteiger partial charge in [-0.2, -0.15) is 0 Å². The third-order valence-electron chi connectivity index (χ3n) is 4.85. The average Bonchev–Trinajstić information content (AvgIpc) is 2.95. The maximum atomic E-state index is 12.6. The normalized spacial score (nSPS) is 18.7. The molecule has 1 atom stereocenters. The molecule has 2 aliphatic rings. The molecule has 4 nitrogen and oxygen atoms in total. The Kier molecular flexibility index (Phi) is 4.42. The molecule has 0 bridgehead atoms. The van der Waals surface area contributed by atoms with Gasteiger partial charge in [0, 0.05) is 11.3 Å². The molecule has 0 aromatic heterocycles. The van der Waals surface area contributed by atoms with Crippen LogP contribution in [0.15, 0.2) is 58.5 Å². The zero-order valence-electron chi connectivity index (χ0n) is 16.1. The highest BCUT2D eigenvalue weighted by molar-refractivity contribution is 8.13. The molecule has 2 heterocycles. The van der Waals surface area contributed by atoms with Crippen LogP contribution in [-0.4, -0.2) is 27.9 Å². The number of carbonyl (C=O) groups excluding carboxylic acids is 1. The van der Waals surface area contributed by atoms with E-state index in [0.29, 0.717) is 5.17 Å². The standard InChI is InChI=1S/C22H23N3OS/c1-14-20(26)25-19(23-14)17-7-5-6-8-18(17)24-21(25)27-13-15-9-11-16(12-10-15)22(2,3)4/h5-12,14H,13H2,1-4H3. The molecule has 138 valence electrons. The van der Waals surface area contributed by atoms with E-state index in [0.717, 1.165) is 22.8 Å². The largest absolute Gasteiger partial charge is 0.272 e. The average molecular weight is 378 g/mol. The molecule has 0 N–H and O–H groups in total. The molecule has 0 spiro atoms. The second kappa shape index (κ2) is 6.64. The topological polar surface area (TPSA) is 45.0 Å². The molecule has 2 aromatic rings. The van der Waals surface area contributed by atoms with Crippen molar-refractivity contribution in [2.24, 2.45) is 9.98 Å². The van der Waals surface area contributed by atoms with Gasteiger partial charge in [-0.1, -0.05) is 68.9 Å². The summed E-state index contributed by atoms with van der Waals surface area (Å²) in [5.74, 6) is 1.48. The first kappa shape index (κ1) is 18.0. The fraction of sp³-hybridized carbons (Fsp3) is 0.318. The Hall–Kier alpha value is -2.40. The van der Waals surface area contributed by atoms with E-state index in [1.807, 2.05) is 31.2 Å². The first-order chi connectivity index (χ1) is 12.8. The fourth-order valence-electron chi connectivity index (χ4n) is 3.22. The van der Waals surface area contributed by atoms with E-state index >= 15 is 0 Å². The van der Waals surface area contributed by atoms with E-state index in [-0.39, 0.29) is 17.4 Å². The van der Waals surface area contributed by atoms with Crippen molar-refractivity contribution in [1.82, 2.24) is 4.90 Å². The van der Waals surface area contributed by atoms with Crippen LogP contribution in [0, 0.1) is 0 Å². The Bertz CT molecular complexity index is 954. The first-order valence-corrected chi connectivity index (χ1v) is 10.2. The zero-order valence-corrected chi connectivity index (χ0v) is 16.9. The smallest absolute Gasteiger partial charge is 0.258 e. The number of rotatable bonds is 2. The summed E-state index contributed by atoms with van der Waals surface area (Å²) in [4.78, 5) is 23.6. The number of para-hydroxylation sites is 1. The van der Waals surface area contributed by atoms with Gasteiger partial charge in [0.2, 0.25) is 0 Å². The number of nitrogens with zero attached hydrogens (tertiary/aromatic N) is 3. The molecule has 27 heavy (non-hydrogen) atoms. The summed E-state index contributed by atoms with van der Waals surface area (Å²) in [5, 5.41) is 0.710. The third kappa shape index (κ3) is 3.32. The van der Waals surface area contributed by atoms with Crippen molar-refractivity contribution in [3.63, 3.8) is 0 Å². The molecule has 2 aromatic carbocycles. The third-order valence-corrected chi connectivity index (χ3v) is 5.86. The molecular weight excluding hydrogens is 354 g/mol. The predicted molar refractivity (Wildman–Crippen MR) is 113 cm³/mol. The van der Waals surface area contributed by atoms with Crippen LogP contribution >= 0.6 is 11.8 Å². The van der Waals surface area contributed by atoms with Crippen molar-refractivity contribution >= 4 is 34.4 Å². The lowest BCUT2D eigenvalue weighted by molar-refractivity contribution is -0.124. The first-order valence-electron chi connectivity index (χ1n) is 9.17. The minimum Gasteiger partial charge on any atom is -0.272 e. The number of amides is 1. The van der Waals surface area contributed by atoms with Gasteiger partial charge < -0.3 is 0 Å². The van der Waals surface area contributed by atoms with Crippen LogP contribution in [0.5, 0.6) is 0 Å². The molecule has 4 rings (SSSR count). The van der Waals surface area contributed by atoms with Crippen LogP contribution in [0.25, 0.3) is 0 Å². The predicted octanol–water partition coefficient (Wildman–Crippen LogP) is 4.90. The number of carbonyl (C=O) groups is 1. The summed E-state index contributed by atoms with van der Waals surface area (Å²) < 4.78 is 0. The SMILES string of the molecule is CC1N=C2c3ccccc3N=C(SCc3ccc(C(C)(C)C)cc3)N2C1=O. The number of hydrogen-bond acceptors (Lipinski definition) is 4. The van der Waals surface area contributed by atoms with E-state index < -0.39 is 0 Å². The van der Waals surface area contributed by atoms with Crippen molar-refractivity contribution in [3.8, 4) is 0 Å². The second-order valence-corrected chi connectivity index (χ2v) is 8.89. The van der Waals surface area contributed by atoms with Crippen LogP contribution in [0.3, 0.4) is 0 Å². The van der Waals surface area contributed by atoms with Gasteiger partial charge in [-0.15, -0.1) is 0 Å². The van der Waals surface area contributed by atoms with Gasteiger partial charge in [0.05, 0.1) is 5.69 Å². The monoisotopic (exact) mass is 377 g/mol. The number of aliphatic imine (C=N–C) groups is 2. The number of benzene rings is 2. The molecule has 0 aliphatic carbocycles. The van der Waals surface area contributed by atoms with Crippen LogP contribution in [0.4, 0.5) is 5.69 Å². The fourth-order valence-corrected chi connectivity index (χ4v) is 4.18. The molecule has 1 amide bonds. The van der Waals surface area contributed by atoms with Gasteiger partial charge >= 0.3 is 0 Å². The van der Waals surface area contributed by atoms with Crippen molar-refractivity contribution in [1.29, 1.82) is 0 Å². The van der Waals surface area contributed by atoms with E-state index in [4.69, 9.17) is 4.99 Å². The van der Waals surface area contributed by atoms with E-state index in [9.17, 15) is 4.79 Å². The van der Waals surface area contributed by atoms with Crippen molar-refractivity contribution in [3.05, 3.63) is 65.2 Å². The van der Waals surface area contributed by atoms with Crippen molar-refractivity contribution in [2.75, 3.05) is 0 Å². The Morgan fingerprint density at radius 2 is 1.78 bits per heavy atom.